The Morgan fingerprint density at radius 2 is 1.94 bits per heavy atom. The lowest BCUT2D eigenvalue weighted by molar-refractivity contribution is 0.608. The molecule has 0 saturated carbocycles. The number of hydrogen-bond acceptors (Lipinski definition) is 3. The number of nitrogens with zero attached hydrogens (tertiary/aromatic N) is 2. The van der Waals surface area contributed by atoms with E-state index >= 15 is 0 Å². The molecular formula is C13H13FIN3. The number of rotatable bonds is 3. The van der Waals surface area contributed by atoms with Crippen molar-refractivity contribution in [1.82, 2.24) is 9.97 Å². The molecule has 0 aliphatic carbocycles. The van der Waals surface area contributed by atoms with E-state index in [2.05, 4.69) is 37.9 Å². The Morgan fingerprint density at radius 3 is 2.56 bits per heavy atom. The van der Waals surface area contributed by atoms with Crippen molar-refractivity contribution >= 4 is 28.4 Å². The predicted molar refractivity (Wildman–Crippen MR) is 77.9 cm³/mol. The lowest BCUT2D eigenvalue weighted by atomic mass is 10.1. The second kappa shape index (κ2) is 5.60. The predicted octanol–water partition coefficient (Wildman–Crippen LogP) is 3.45. The van der Waals surface area contributed by atoms with Crippen LogP contribution in [0.1, 0.15) is 16.7 Å². The van der Waals surface area contributed by atoms with Crippen LogP contribution in [-0.2, 0) is 6.54 Å². The van der Waals surface area contributed by atoms with Gasteiger partial charge in [0, 0.05) is 12.7 Å². The van der Waals surface area contributed by atoms with Crippen LogP contribution in [0.25, 0.3) is 0 Å². The summed E-state index contributed by atoms with van der Waals surface area (Å²) in [6.07, 6.45) is 3.25. The number of halogens is 2. The molecule has 3 nitrogen and oxygen atoms in total. The second-order valence-corrected chi connectivity index (χ2v) is 5.28. The molecule has 1 aromatic carbocycles. The SMILES string of the molecule is Cc1cc(CNc2ncncc2I)cc(C)c1F. The molecule has 18 heavy (non-hydrogen) atoms. The van der Waals surface area contributed by atoms with Crippen LogP contribution < -0.4 is 5.32 Å². The number of hydrogen-bond donors (Lipinski definition) is 1. The molecule has 1 heterocycles. The van der Waals surface area contributed by atoms with Crippen LogP contribution >= 0.6 is 22.6 Å². The van der Waals surface area contributed by atoms with Gasteiger partial charge in [0.1, 0.15) is 18.0 Å². The minimum atomic E-state index is -0.129. The summed E-state index contributed by atoms with van der Waals surface area (Å²) in [6, 6.07) is 3.70. The Hall–Kier alpha value is -1.24. The van der Waals surface area contributed by atoms with Gasteiger partial charge in [-0.15, -0.1) is 0 Å². The highest BCUT2D eigenvalue weighted by molar-refractivity contribution is 14.1. The van der Waals surface area contributed by atoms with E-state index in [-0.39, 0.29) is 5.82 Å². The maximum Gasteiger partial charge on any atom is 0.143 e. The molecule has 0 unspecified atom stereocenters. The minimum Gasteiger partial charge on any atom is -0.365 e. The lowest BCUT2D eigenvalue weighted by Gasteiger charge is -2.09. The maximum absolute atomic E-state index is 13.5. The van der Waals surface area contributed by atoms with Crippen LogP contribution in [0.5, 0.6) is 0 Å². The van der Waals surface area contributed by atoms with Gasteiger partial charge >= 0.3 is 0 Å². The molecule has 0 amide bonds. The van der Waals surface area contributed by atoms with E-state index in [9.17, 15) is 4.39 Å². The highest BCUT2D eigenvalue weighted by Crippen LogP contribution is 2.17. The van der Waals surface area contributed by atoms with E-state index in [1.165, 1.54) is 6.33 Å². The summed E-state index contributed by atoms with van der Waals surface area (Å²) in [4.78, 5) is 8.08. The first kappa shape index (κ1) is 13.2. The van der Waals surface area contributed by atoms with Crippen molar-refractivity contribution in [3.8, 4) is 0 Å². The van der Waals surface area contributed by atoms with Gasteiger partial charge in [0.2, 0.25) is 0 Å². The molecule has 1 aromatic heterocycles. The molecule has 0 saturated heterocycles. The zero-order chi connectivity index (χ0) is 13.1. The average Bonchev–Trinajstić information content (AvgIpc) is 2.35. The summed E-state index contributed by atoms with van der Waals surface area (Å²) in [6.45, 7) is 4.18. The van der Waals surface area contributed by atoms with E-state index in [0.717, 1.165) is 15.0 Å². The lowest BCUT2D eigenvalue weighted by Crippen LogP contribution is -2.04. The Bertz CT molecular complexity index is 549. The minimum absolute atomic E-state index is 0.129. The van der Waals surface area contributed by atoms with Crippen LogP contribution in [0, 0.1) is 23.2 Å². The van der Waals surface area contributed by atoms with E-state index in [1.54, 1.807) is 20.0 Å². The molecule has 0 fully saturated rings. The van der Waals surface area contributed by atoms with E-state index in [0.29, 0.717) is 17.7 Å². The summed E-state index contributed by atoms with van der Waals surface area (Å²) in [5.41, 5.74) is 2.38. The fourth-order valence-corrected chi connectivity index (χ4v) is 2.26. The van der Waals surface area contributed by atoms with Gasteiger partial charge < -0.3 is 5.32 Å². The first-order valence-corrected chi connectivity index (χ1v) is 6.61. The second-order valence-electron chi connectivity index (χ2n) is 4.12. The zero-order valence-electron chi connectivity index (χ0n) is 10.2. The third-order valence-corrected chi connectivity index (χ3v) is 3.41. The van der Waals surface area contributed by atoms with E-state index in [1.807, 2.05) is 12.1 Å². The van der Waals surface area contributed by atoms with Gasteiger partial charge in [-0.2, -0.15) is 0 Å². The fraction of sp³-hybridized carbons (Fsp3) is 0.231. The first-order chi connectivity index (χ1) is 8.58. The topological polar surface area (TPSA) is 37.8 Å². The van der Waals surface area contributed by atoms with Gasteiger partial charge in [-0.25, -0.2) is 14.4 Å². The molecule has 0 aliphatic heterocycles. The van der Waals surface area contributed by atoms with Crippen molar-refractivity contribution in [2.45, 2.75) is 20.4 Å². The summed E-state index contributed by atoms with van der Waals surface area (Å²) in [5.74, 6) is 0.667. The Morgan fingerprint density at radius 1 is 1.28 bits per heavy atom. The van der Waals surface area contributed by atoms with Gasteiger partial charge in [-0.05, 0) is 53.1 Å². The molecule has 94 valence electrons. The largest absolute Gasteiger partial charge is 0.365 e. The highest BCUT2D eigenvalue weighted by Gasteiger charge is 2.05. The van der Waals surface area contributed by atoms with E-state index in [4.69, 9.17) is 0 Å². The number of aryl methyl sites for hydroxylation is 2. The number of anilines is 1. The average molecular weight is 357 g/mol. The summed E-state index contributed by atoms with van der Waals surface area (Å²) in [7, 11) is 0. The Balaban J connectivity index is 2.14. The van der Waals surface area contributed by atoms with Gasteiger partial charge in [-0.1, -0.05) is 12.1 Å². The van der Waals surface area contributed by atoms with Crippen molar-refractivity contribution in [3.63, 3.8) is 0 Å². The van der Waals surface area contributed by atoms with Crippen molar-refractivity contribution < 1.29 is 4.39 Å². The van der Waals surface area contributed by atoms with E-state index < -0.39 is 0 Å². The molecule has 2 rings (SSSR count). The van der Waals surface area contributed by atoms with Gasteiger partial charge in [0.25, 0.3) is 0 Å². The summed E-state index contributed by atoms with van der Waals surface area (Å²) < 4.78 is 14.5. The van der Waals surface area contributed by atoms with Gasteiger partial charge in [-0.3, -0.25) is 0 Å². The number of aromatic nitrogens is 2. The molecule has 2 aromatic rings. The van der Waals surface area contributed by atoms with Crippen molar-refractivity contribution in [2.24, 2.45) is 0 Å². The fourth-order valence-electron chi connectivity index (χ4n) is 1.77. The third kappa shape index (κ3) is 2.95. The molecule has 0 bridgehead atoms. The van der Waals surface area contributed by atoms with Crippen LogP contribution in [0.15, 0.2) is 24.7 Å². The smallest absolute Gasteiger partial charge is 0.143 e. The molecule has 1 N–H and O–H groups in total. The molecule has 0 aliphatic rings. The monoisotopic (exact) mass is 357 g/mol. The normalized spacial score (nSPS) is 10.4. The molecule has 5 heteroatoms. The number of benzene rings is 1. The Labute approximate surface area is 119 Å². The molecular weight excluding hydrogens is 344 g/mol. The van der Waals surface area contributed by atoms with Crippen LogP contribution in [0.2, 0.25) is 0 Å². The molecule has 0 radical (unpaired) electrons. The van der Waals surface area contributed by atoms with Crippen molar-refractivity contribution in [1.29, 1.82) is 0 Å². The molecule has 0 atom stereocenters. The summed E-state index contributed by atoms with van der Waals surface area (Å²) >= 11 is 2.17. The van der Waals surface area contributed by atoms with Gasteiger partial charge in [0.05, 0.1) is 3.57 Å². The van der Waals surface area contributed by atoms with Crippen LogP contribution in [0.4, 0.5) is 10.2 Å². The van der Waals surface area contributed by atoms with Crippen LogP contribution in [0.3, 0.4) is 0 Å². The molecule has 0 spiro atoms. The third-order valence-electron chi connectivity index (χ3n) is 2.62. The maximum atomic E-state index is 13.5. The van der Waals surface area contributed by atoms with Crippen molar-refractivity contribution in [2.75, 3.05) is 5.32 Å². The van der Waals surface area contributed by atoms with Crippen molar-refractivity contribution in [3.05, 3.63) is 50.7 Å². The van der Waals surface area contributed by atoms with Gasteiger partial charge in [0.15, 0.2) is 0 Å². The van der Waals surface area contributed by atoms with Crippen LogP contribution in [-0.4, -0.2) is 9.97 Å². The number of nitrogens with one attached hydrogen (secondary N) is 1. The Kier molecular flexibility index (Phi) is 4.11. The quantitative estimate of drug-likeness (QED) is 0.856. The first-order valence-electron chi connectivity index (χ1n) is 5.53. The standard InChI is InChI=1S/C13H13FIN3/c1-8-3-10(4-9(2)12(8)14)5-17-13-11(15)6-16-7-18-13/h3-4,6-7H,5H2,1-2H3,(H,16,17,18). The zero-order valence-corrected chi connectivity index (χ0v) is 12.3. The highest BCUT2D eigenvalue weighted by atomic mass is 127. The summed E-state index contributed by atoms with van der Waals surface area (Å²) in [5, 5.41) is 3.22.